The van der Waals surface area contributed by atoms with Gasteiger partial charge in [-0.3, -0.25) is 4.90 Å². The second kappa shape index (κ2) is 3.97. The summed E-state index contributed by atoms with van der Waals surface area (Å²) in [5.41, 5.74) is 0.344. The Hall–Kier alpha value is -0.0800. The van der Waals surface area contributed by atoms with Crippen LogP contribution in [0.5, 0.6) is 0 Å². The molecule has 0 N–H and O–H groups in total. The standard InChI is InChI=1S/C11H24N2/c1-11(2,3)13-8-6-7-10(13)9-12(4)5/h10H,6-9H2,1-5H3/t10-/m0/s1. The van der Waals surface area contributed by atoms with Gasteiger partial charge in [0.1, 0.15) is 0 Å². The third-order valence-electron chi connectivity index (χ3n) is 2.81. The Bertz CT molecular complexity index is 158. The fourth-order valence-electron chi connectivity index (χ4n) is 2.33. The molecule has 2 heteroatoms. The summed E-state index contributed by atoms with van der Waals surface area (Å²) in [7, 11) is 4.33. The first-order chi connectivity index (χ1) is 5.91. The van der Waals surface area contributed by atoms with E-state index in [0.717, 1.165) is 6.04 Å². The number of nitrogens with zero attached hydrogens (tertiary/aromatic N) is 2. The van der Waals surface area contributed by atoms with Crippen molar-refractivity contribution in [3.05, 3.63) is 0 Å². The highest BCUT2D eigenvalue weighted by Crippen LogP contribution is 2.26. The topological polar surface area (TPSA) is 6.48 Å². The second-order valence-corrected chi connectivity index (χ2v) is 5.42. The lowest BCUT2D eigenvalue weighted by Crippen LogP contribution is -2.48. The van der Waals surface area contributed by atoms with Crippen molar-refractivity contribution < 1.29 is 0 Å². The Kier molecular flexibility index (Phi) is 3.36. The molecule has 0 aliphatic carbocycles. The Morgan fingerprint density at radius 3 is 2.38 bits per heavy atom. The maximum atomic E-state index is 2.65. The molecule has 1 fully saturated rings. The van der Waals surface area contributed by atoms with Crippen LogP contribution < -0.4 is 0 Å². The zero-order valence-corrected chi connectivity index (χ0v) is 9.80. The van der Waals surface area contributed by atoms with Gasteiger partial charge in [-0.1, -0.05) is 0 Å². The summed E-state index contributed by atoms with van der Waals surface area (Å²) in [6.45, 7) is 9.45. The minimum Gasteiger partial charge on any atom is -0.308 e. The van der Waals surface area contributed by atoms with E-state index in [-0.39, 0.29) is 0 Å². The molecule has 1 heterocycles. The SMILES string of the molecule is CN(C)C[C@@H]1CCCN1C(C)(C)C. The van der Waals surface area contributed by atoms with Gasteiger partial charge < -0.3 is 4.90 Å². The van der Waals surface area contributed by atoms with Gasteiger partial charge in [-0.25, -0.2) is 0 Å². The van der Waals surface area contributed by atoms with Crippen molar-refractivity contribution in [2.24, 2.45) is 0 Å². The highest BCUT2D eigenvalue weighted by Gasteiger charge is 2.32. The van der Waals surface area contributed by atoms with E-state index in [1.54, 1.807) is 0 Å². The van der Waals surface area contributed by atoms with Crippen molar-refractivity contribution in [1.29, 1.82) is 0 Å². The fourth-order valence-corrected chi connectivity index (χ4v) is 2.33. The lowest BCUT2D eigenvalue weighted by molar-refractivity contribution is 0.104. The van der Waals surface area contributed by atoms with E-state index < -0.39 is 0 Å². The third-order valence-corrected chi connectivity index (χ3v) is 2.81. The predicted molar refractivity (Wildman–Crippen MR) is 58.0 cm³/mol. The molecule has 1 aliphatic rings. The maximum Gasteiger partial charge on any atom is 0.0228 e. The van der Waals surface area contributed by atoms with Gasteiger partial charge in [-0.05, 0) is 54.3 Å². The zero-order chi connectivity index (χ0) is 10.1. The first kappa shape index (κ1) is 11.0. The van der Waals surface area contributed by atoms with Crippen LogP contribution in [0.1, 0.15) is 33.6 Å². The van der Waals surface area contributed by atoms with E-state index >= 15 is 0 Å². The lowest BCUT2D eigenvalue weighted by atomic mass is 10.0. The van der Waals surface area contributed by atoms with Crippen molar-refractivity contribution in [3.8, 4) is 0 Å². The van der Waals surface area contributed by atoms with Crippen molar-refractivity contribution in [1.82, 2.24) is 9.80 Å². The molecule has 0 saturated carbocycles. The molecule has 0 aromatic heterocycles. The highest BCUT2D eigenvalue weighted by atomic mass is 15.3. The quantitative estimate of drug-likeness (QED) is 0.646. The molecule has 13 heavy (non-hydrogen) atoms. The van der Waals surface area contributed by atoms with Gasteiger partial charge in [0.05, 0.1) is 0 Å². The number of hydrogen-bond acceptors (Lipinski definition) is 2. The van der Waals surface area contributed by atoms with Crippen LogP contribution in [-0.4, -0.2) is 48.6 Å². The molecule has 0 aromatic rings. The van der Waals surface area contributed by atoms with Crippen LogP contribution in [0.25, 0.3) is 0 Å². The molecule has 1 rings (SSSR count). The molecule has 0 unspecified atom stereocenters. The van der Waals surface area contributed by atoms with Crippen molar-refractivity contribution in [2.45, 2.75) is 45.2 Å². The van der Waals surface area contributed by atoms with E-state index in [4.69, 9.17) is 0 Å². The van der Waals surface area contributed by atoms with E-state index in [9.17, 15) is 0 Å². The van der Waals surface area contributed by atoms with Gasteiger partial charge in [0, 0.05) is 18.1 Å². The van der Waals surface area contributed by atoms with Gasteiger partial charge in [-0.2, -0.15) is 0 Å². The van der Waals surface area contributed by atoms with E-state index in [2.05, 4.69) is 44.7 Å². The Morgan fingerprint density at radius 2 is 1.92 bits per heavy atom. The van der Waals surface area contributed by atoms with Gasteiger partial charge in [-0.15, -0.1) is 0 Å². The van der Waals surface area contributed by atoms with Crippen LogP contribution in [0, 0.1) is 0 Å². The monoisotopic (exact) mass is 184 g/mol. The van der Waals surface area contributed by atoms with Crippen LogP contribution in [0.4, 0.5) is 0 Å². The molecule has 0 bridgehead atoms. The van der Waals surface area contributed by atoms with E-state index in [1.807, 2.05) is 0 Å². The van der Waals surface area contributed by atoms with Crippen LogP contribution in [0.2, 0.25) is 0 Å². The number of likely N-dealkylation sites (N-methyl/N-ethyl adjacent to an activating group) is 1. The Labute approximate surface area is 82.9 Å². The molecule has 0 radical (unpaired) electrons. The number of likely N-dealkylation sites (tertiary alicyclic amines) is 1. The summed E-state index contributed by atoms with van der Waals surface area (Å²) in [5.74, 6) is 0. The molecule has 0 spiro atoms. The average molecular weight is 184 g/mol. The highest BCUT2D eigenvalue weighted by molar-refractivity contribution is 4.88. The molecule has 1 saturated heterocycles. The van der Waals surface area contributed by atoms with E-state index in [0.29, 0.717) is 5.54 Å². The Balaban J connectivity index is 2.54. The summed E-state index contributed by atoms with van der Waals surface area (Å²) in [5, 5.41) is 0. The van der Waals surface area contributed by atoms with Crippen LogP contribution >= 0.6 is 0 Å². The summed E-state index contributed by atoms with van der Waals surface area (Å²) in [6.07, 6.45) is 2.74. The normalized spacial score (nSPS) is 25.8. The first-order valence-electron chi connectivity index (χ1n) is 5.33. The molecule has 2 nitrogen and oxygen atoms in total. The van der Waals surface area contributed by atoms with E-state index in [1.165, 1.54) is 25.9 Å². The molecule has 1 aliphatic heterocycles. The molecule has 1 atom stereocenters. The Morgan fingerprint density at radius 1 is 1.31 bits per heavy atom. The lowest BCUT2D eigenvalue weighted by Gasteiger charge is -2.38. The average Bonchev–Trinajstić information content (AvgIpc) is 2.31. The van der Waals surface area contributed by atoms with Crippen LogP contribution in [0.15, 0.2) is 0 Å². The molecular weight excluding hydrogens is 160 g/mol. The van der Waals surface area contributed by atoms with Crippen molar-refractivity contribution in [3.63, 3.8) is 0 Å². The molecule has 0 aromatic carbocycles. The fraction of sp³-hybridized carbons (Fsp3) is 1.00. The van der Waals surface area contributed by atoms with Gasteiger partial charge in [0.25, 0.3) is 0 Å². The number of rotatable bonds is 2. The smallest absolute Gasteiger partial charge is 0.0228 e. The molecule has 0 amide bonds. The summed E-state index contributed by atoms with van der Waals surface area (Å²) in [4.78, 5) is 4.95. The van der Waals surface area contributed by atoms with Crippen molar-refractivity contribution >= 4 is 0 Å². The maximum absolute atomic E-state index is 2.65. The summed E-state index contributed by atoms with van der Waals surface area (Å²) in [6, 6.07) is 0.773. The number of hydrogen-bond donors (Lipinski definition) is 0. The largest absolute Gasteiger partial charge is 0.308 e. The molecular formula is C11H24N2. The third kappa shape index (κ3) is 2.96. The minimum atomic E-state index is 0.344. The first-order valence-corrected chi connectivity index (χ1v) is 5.33. The predicted octanol–water partition coefficient (Wildman–Crippen LogP) is 1.81. The van der Waals surface area contributed by atoms with Gasteiger partial charge in [0.2, 0.25) is 0 Å². The van der Waals surface area contributed by atoms with Crippen LogP contribution in [-0.2, 0) is 0 Å². The zero-order valence-electron chi connectivity index (χ0n) is 9.80. The summed E-state index contributed by atoms with van der Waals surface area (Å²) >= 11 is 0. The van der Waals surface area contributed by atoms with Gasteiger partial charge >= 0.3 is 0 Å². The summed E-state index contributed by atoms with van der Waals surface area (Å²) < 4.78 is 0. The molecule has 78 valence electrons. The van der Waals surface area contributed by atoms with Crippen molar-refractivity contribution in [2.75, 3.05) is 27.2 Å². The minimum absolute atomic E-state index is 0.344. The van der Waals surface area contributed by atoms with Crippen LogP contribution in [0.3, 0.4) is 0 Å². The van der Waals surface area contributed by atoms with Gasteiger partial charge in [0.15, 0.2) is 0 Å². The second-order valence-electron chi connectivity index (χ2n) is 5.42.